The topological polar surface area (TPSA) is 107 Å². The molecule has 3 N–H and O–H groups in total. The number of nitro groups is 1. The maximum absolute atomic E-state index is 12.8. The first-order valence-electron chi connectivity index (χ1n) is 6.05. The van der Waals surface area contributed by atoms with Crippen LogP contribution in [0.25, 0.3) is 0 Å². The number of hydrogen-bond donors (Lipinski definition) is 2. The highest BCUT2D eigenvalue weighted by Crippen LogP contribution is 2.40. The Kier molecular flexibility index (Phi) is 4.55. The van der Waals surface area contributed by atoms with Crippen LogP contribution in [0, 0.1) is 10.1 Å². The number of nitrogens with zero attached hydrogens (tertiary/aromatic N) is 3. The van der Waals surface area contributed by atoms with Crippen LogP contribution < -0.4 is 11.1 Å². The molecule has 11 heteroatoms. The lowest BCUT2D eigenvalue weighted by atomic mass is 10.1. The van der Waals surface area contributed by atoms with Crippen LogP contribution in [0.5, 0.6) is 0 Å². The highest BCUT2D eigenvalue weighted by molar-refractivity contribution is 6.31. The molecule has 0 unspecified atom stereocenters. The monoisotopic (exact) mass is 347 g/mol. The number of anilines is 2. The Balaban J connectivity index is 2.34. The minimum Gasteiger partial charge on any atom is -0.384 e. The molecule has 0 aliphatic heterocycles. The van der Waals surface area contributed by atoms with E-state index in [1.54, 1.807) is 0 Å². The van der Waals surface area contributed by atoms with Gasteiger partial charge in [0.1, 0.15) is 17.3 Å². The van der Waals surface area contributed by atoms with E-state index in [0.29, 0.717) is 6.07 Å². The van der Waals surface area contributed by atoms with E-state index < -0.39 is 27.4 Å². The summed E-state index contributed by atoms with van der Waals surface area (Å²) >= 11 is 5.56. The highest BCUT2D eigenvalue weighted by Gasteiger charge is 2.36. The van der Waals surface area contributed by atoms with Crippen molar-refractivity contribution in [1.29, 1.82) is 0 Å². The third-order valence-corrected chi connectivity index (χ3v) is 3.06. The van der Waals surface area contributed by atoms with Crippen molar-refractivity contribution in [2.45, 2.75) is 12.7 Å². The molecule has 1 aromatic heterocycles. The summed E-state index contributed by atoms with van der Waals surface area (Å²) in [5.41, 5.74) is 3.24. The molecule has 23 heavy (non-hydrogen) atoms. The largest absolute Gasteiger partial charge is 0.418 e. The van der Waals surface area contributed by atoms with Crippen LogP contribution in [0.2, 0.25) is 5.02 Å². The van der Waals surface area contributed by atoms with Gasteiger partial charge in [0, 0.05) is 12.3 Å². The fourth-order valence-corrected chi connectivity index (χ4v) is 2.02. The van der Waals surface area contributed by atoms with E-state index in [0.717, 1.165) is 6.07 Å². The average Bonchev–Trinajstić information content (AvgIpc) is 2.43. The molecule has 0 aliphatic carbocycles. The SMILES string of the molecule is Nc1ccnc(CNc2cc(Cl)c(C(F)(F)F)cc2[N+](=O)[O-])n1. The highest BCUT2D eigenvalue weighted by atomic mass is 35.5. The summed E-state index contributed by atoms with van der Waals surface area (Å²) in [6, 6.07) is 2.67. The predicted octanol–water partition coefficient (Wildman–Crippen LogP) is 3.25. The van der Waals surface area contributed by atoms with E-state index in [1.165, 1.54) is 12.3 Å². The van der Waals surface area contributed by atoms with Gasteiger partial charge in [-0.1, -0.05) is 11.6 Å². The molecular formula is C12H9ClF3N5O2. The minimum atomic E-state index is -4.79. The van der Waals surface area contributed by atoms with E-state index in [9.17, 15) is 23.3 Å². The maximum atomic E-state index is 12.8. The van der Waals surface area contributed by atoms with Gasteiger partial charge in [-0.25, -0.2) is 9.97 Å². The number of benzene rings is 1. The number of rotatable bonds is 4. The summed E-state index contributed by atoms with van der Waals surface area (Å²) in [7, 11) is 0. The zero-order valence-corrected chi connectivity index (χ0v) is 12.0. The summed E-state index contributed by atoms with van der Waals surface area (Å²) < 4.78 is 38.3. The smallest absolute Gasteiger partial charge is 0.384 e. The van der Waals surface area contributed by atoms with Gasteiger partial charge in [0.25, 0.3) is 5.69 Å². The molecule has 0 radical (unpaired) electrons. The Morgan fingerprint density at radius 1 is 1.39 bits per heavy atom. The van der Waals surface area contributed by atoms with Crippen LogP contribution >= 0.6 is 11.6 Å². The van der Waals surface area contributed by atoms with Crippen molar-refractivity contribution in [2.24, 2.45) is 0 Å². The summed E-state index contributed by atoms with van der Waals surface area (Å²) in [6.45, 7) is -0.0758. The number of nitrogens with one attached hydrogen (secondary N) is 1. The van der Waals surface area contributed by atoms with E-state index in [1.807, 2.05) is 0 Å². The lowest BCUT2D eigenvalue weighted by molar-refractivity contribution is -0.384. The molecule has 0 aliphatic rings. The van der Waals surface area contributed by atoms with Crippen molar-refractivity contribution in [3.8, 4) is 0 Å². The van der Waals surface area contributed by atoms with Crippen LogP contribution in [-0.2, 0) is 12.7 Å². The molecule has 1 aromatic carbocycles. The Labute approximate surface area is 132 Å². The minimum absolute atomic E-state index is 0.0758. The van der Waals surface area contributed by atoms with Gasteiger partial charge in [0.2, 0.25) is 0 Å². The summed E-state index contributed by atoms with van der Waals surface area (Å²) in [5, 5.41) is 12.9. The van der Waals surface area contributed by atoms with Crippen molar-refractivity contribution in [2.75, 3.05) is 11.1 Å². The first-order valence-corrected chi connectivity index (χ1v) is 6.42. The van der Waals surface area contributed by atoms with Crippen molar-refractivity contribution < 1.29 is 18.1 Å². The van der Waals surface area contributed by atoms with Crippen LogP contribution in [0.3, 0.4) is 0 Å². The molecule has 1 heterocycles. The molecule has 0 bridgehead atoms. The number of aromatic nitrogens is 2. The molecule has 122 valence electrons. The second kappa shape index (κ2) is 6.24. The Hall–Kier alpha value is -2.62. The summed E-state index contributed by atoms with van der Waals surface area (Å²) in [6.07, 6.45) is -3.41. The van der Waals surface area contributed by atoms with Gasteiger partial charge in [-0.2, -0.15) is 13.2 Å². The fraction of sp³-hybridized carbons (Fsp3) is 0.167. The molecule has 0 atom stereocenters. The van der Waals surface area contributed by atoms with Gasteiger partial charge in [0.05, 0.1) is 22.1 Å². The lowest BCUT2D eigenvalue weighted by Crippen LogP contribution is -2.10. The number of nitro benzene ring substituents is 1. The third-order valence-electron chi connectivity index (χ3n) is 2.75. The first kappa shape index (κ1) is 16.7. The van der Waals surface area contributed by atoms with E-state index in [4.69, 9.17) is 17.3 Å². The van der Waals surface area contributed by atoms with E-state index in [-0.39, 0.29) is 23.9 Å². The standard InChI is InChI=1S/C12H9ClF3N5O2/c13-7-4-8(19-5-11-18-2-1-10(17)20-11)9(21(22)23)3-6(7)12(14,15)16/h1-4,19H,5H2,(H2,17,18,20). The molecule has 7 nitrogen and oxygen atoms in total. The summed E-state index contributed by atoms with van der Waals surface area (Å²) in [5.74, 6) is 0.409. The van der Waals surface area contributed by atoms with Crippen molar-refractivity contribution >= 4 is 28.8 Å². The fourth-order valence-electron chi connectivity index (χ4n) is 1.75. The number of hydrogen-bond acceptors (Lipinski definition) is 6. The van der Waals surface area contributed by atoms with Gasteiger partial charge in [-0.15, -0.1) is 0 Å². The quantitative estimate of drug-likeness (QED) is 0.649. The van der Waals surface area contributed by atoms with Gasteiger partial charge in [-0.05, 0) is 12.1 Å². The van der Waals surface area contributed by atoms with Gasteiger partial charge < -0.3 is 11.1 Å². The number of halogens is 4. The van der Waals surface area contributed by atoms with Crippen LogP contribution in [0.4, 0.5) is 30.4 Å². The molecule has 0 fully saturated rings. The Morgan fingerprint density at radius 3 is 2.65 bits per heavy atom. The van der Waals surface area contributed by atoms with Crippen LogP contribution in [0.15, 0.2) is 24.4 Å². The van der Waals surface area contributed by atoms with Crippen LogP contribution in [0.1, 0.15) is 11.4 Å². The van der Waals surface area contributed by atoms with E-state index in [2.05, 4.69) is 15.3 Å². The Morgan fingerprint density at radius 2 is 2.09 bits per heavy atom. The second-order valence-corrected chi connectivity index (χ2v) is 4.76. The van der Waals surface area contributed by atoms with Crippen molar-refractivity contribution in [3.63, 3.8) is 0 Å². The van der Waals surface area contributed by atoms with Gasteiger partial charge in [0.15, 0.2) is 0 Å². The molecule has 2 aromatic rings. The van der Waals surface area contributed by atoms with Gasteiger partial charge >= 0.3 is 6.18 Å². The molecule has 0 amide bonds. The van der Waals surface area contributed by atoms with Gasteiger partial charge in [-0.3, -0.25) is 10.1 Å². The predicted molar refractivity (Wildman–Crippen MR) is 76.9 cm³/mol. The first-order chi connectivity index (χ1) is 10.7. The average molecular weight is 348 g/mol. The van der Waals surface area contributed by atoms with Crippen LogP contribution in [-0.4, -0.2) is 14.9 Å². The molecule has 0 saturated heterocycles. The molecule has 0 saturated carbocycles. The number of nitrogen functional groups attached to an aromatic ring is 1. The molecule has 0 spiro atoms. The maximum Gasteiger partial charge on any atom is 0.418 e. The normalized spacial score (nSPS) is 11.3. The lowest BCUT2D eigenvalue weighted by Gasteiger charge is -2.12. The Bertz CT molecular complexity index is 754. The zero-order valence-electron chi connectivity index (χ0n) is 11.3. The number of alkyl halides is 3. The molecule has 2 rings (SSSR count). The third kappa shape index (κ3) is 3.97. The van der Waals surface area contributed by atoms with Crippen molar-refractivity contribution in [3.05, 3.63) is 50.9 Å². The summed E-state index contributed by atoms with van der Waals surface area (Å²) in [4.78, 5) is 17.8. The van der Waals surface area contributed by atoms with E-state index >= 15 is 0 Å². The van der Waals surface area contributed by atoms with Crippen molar-refractivity contribution in [1.82, 2.24) is 9.97 Å². The zero-order chi connectivity index (χ0) is 17.2. The molecular weight excluding hydrogens is 339 g/mol. The number of nitrogens with two attached hydrogens (primary N) is 1. The second-order valence-electron chi connectivity index (χ2n) is 4.36.